The van der Waals surface area contributed by atoms with Gasteiger partial charge in [-0.25, -0.2) is 4.79 Å². The van der Waals surface area contributed by atoms with Crippen molar-refractivity contribution in [3.05, 3.63) is 33.8 Å². The quantitative estimate of drug-likeness (QED) is 0.552. The monoisotopic (exact) mass is 348 g/mol. The Balaban J connectivity index is 3.22. The highest BCUT2D eigenvalue weighted by molar-refractivity contribution is 6.74. The Morgan fingerprint density at radius 1 is 1.14 bits per heavy atom. The predicted octanol–water partition coefficient (Wildman–Crippen LogP) is 5.23. The van der Waals surface area contributed by atoms with Crippen LogP contribution in [0.2, 0.25) is 28.2 Å². The first-order chi connectivity index (χ1) is 9.48. The zero-order valence-corrected chi connectivity index (χ0v) is 15.8. The van der Waals surface area contributed by atoms with E-state index in [1.165, 1.54) is 7.11 Å². The first-order valence-corrected chi connectivity index (χ1v) is 10.4. The Bertz CT molecular complexity index is 504. The van der Waals surface area contributed by atoms with Crippen molar-refractivity contribution in [2.45, 2.75) is 45.0 Å². The molecule has 0 unspecified atom stereocenters. The van der Waals surface area contributed by atoms with E-state index in [2.05, 4.69) is 33.9 Å². The average Bonchev–Trinajstić information content (AvgIpc) is 2.32. The second-order valence-corrected chi connectivity index (χ2v) is 12.1. The fourth-order valence-electron chi connectivity index (χ4n) is 1.56. The van der Waals surface area contributed by atoms with Crippen molar-refractivity contribution in [1.29, 1.82) is 0 Å². The molecule has 1 aromatic rings. The molecule has 3 nitrogen and oxygen atoms in total. The van der Waals surface area contributed by atoms with Gasteiger partial charge in [-0.2, -0.15) is 0 Å². The zero-order chi connectivity index (χ0) is 16.4. The van der Waals surface area contributed by atoms with Gasteiger partial charge in [-0.1, -0.05) is 44.0 Å². The summed E-state index contributed by atoms with van der Waals surface area (Å²) in [5, 5.41) is 0.900. The normalized spacial score (nSPS) is 13.9. The number of methoxy groups -OCH3 is 1. The van der Waals surface area contributed by atoms with Gasteiger partial charge in [0.15, 0.2) is 14.4 Å². The standard InChI is InChI=1S/C15H22Cl2O3Si/c1-15(2,3)21(5,6)20-13(14(18)19-4)10-7-11(16)9-12(17)8-10/h7-9,13H,1-6H3/t13-/m1/s1. The molecule has 0 N–H and O–H groups in total. The van der Waals surface area contributed by atoms with Gasteiger partial charge < -0.3 is 9.16 Å². The predicted molar refractivity (Wildman–Crippen MR) is 89.5 cm³/mol. The van der Waals surface area contributed by atoms with Crippen LogP contribution in [-0.2, 0) is 14.0 Å². The second kappa shape index (κ2) is 6.69. The molecule has 0 aliphatic carbocycles. The Morgan fingerprint density at radius 3 is 2.00 bits per heavy atom. The zero-order valence-electron chi connectivity index (χ0n) is 13.3. The number of benzene rings is 1. The largest absolute Gasteiger partial charge is 0.467 e. The number of esters is 1. The van der Waals surface area contributed by atoms with Crippen LogP contribution in [0.3, 0.4) is 0 Å². The molecular weight excluding hydrogens is 327 g/mol. The molecule has 0 aliphatic heterocycles. The minimum absolute atomic E-state index is 0.0261. The molecule has 0 aromatic heterocycles. The molecule has 0 fully saturated rings. The maximum absolute atomic E-state index is 12.1. The van der Waals surface area contributed by atoms with Gasteiger partial charge in [0.1, 0.15) is 0 Å². The van der Waals surface area contributed by atoms with Crippen LogP contribution in [-0.4, -0.2) is 21.4 Å². The second-order valence-electron chi connectivity index (χ2n) is 6.48. The average molecular weight is 349 g/mol. The van der Waals surface area contributed by atoms with Crippen LogP contribution in [0.1, 0.15) is 32.4 Å². The van der Waals surface area contributed by atoms with Gasteiger partial charge in [-0.05, 0) is 41.9 Å². The summed E-state index contributed by atoms with van der Waals surface area (Å²) >= 11 is 12.0. The van der Waals surface area contributed by atoms with Crippen LogP contribution >= 0.6 is 23.2 Å². The number of ether oxygens (including phenoxy) is 1. The molecule has 0 bridgehead atoms. The third-order valence-corrected chi connectivity index (χ3v) is 8.70. The molecule has 1 rings (SSSR count). The highest BCUT2D eigenvalue weighted by atomic mass is 35.5. The lowest BCUT2D eigenvalue weighted by Gasteiger charge is -2.38. The van der Waals surface area contributed by atoms with Crippen molar-refractivity contribution in [2.24, 2.45) is 0 Å². The van der Waals surface area contributed by atoms with Gasteiger partial charge in [0.2, 0.25) is 0 Å². The molecule has 0 saturated heterocycles. The summed E-state index contributed by atoms with van der Waals surface area (Å²) in [6.45, 7) is 10.5. The number of hydrogen-bond acceptors (Lipinski definition) is 3. The first-order valence-electron chi connectivity index (χ1n) is 6.69. The summed E-state index contributed by atoms with van der Waals surface area (Å²) in [4.78, 5) is 12.1. The van der Waals surface area contributed by atoms with E-state index in [1.807, 2.05) is 0 Å². The lowest BCUT2D eigenvalue weighted by Crippen LogP contribution is -2.43. The number of rotatable bonds is 4. The Kier molecular flexibility index (Phi) is 5.89. The summed E-state index contributed by atoms with van der Waals surface area (Å²) in [7, 11) is -0.808. The molecule has 21 heavy (non-hydrogen) atoms. The molecule has 0 amide bonds. The van der Waals surface area contributed by atoms with E-state index in [1.54, 1.807) is 18.2 Å². The Morgan fingerprint density at radius 2 is 1.62 bits per heavy atom. The van der Waals surface area contributed by atoms with Crippen molar-refractivity contribution >= 4 is 37.5 Å². The van der Waals surface area contributed by atoms with Crippen molar-refractivity contribution in [2.75, 3.05) is 7.11 Å². The summed E-state index contributed by atoms with van der Waals surface area (Å²) in [5.74, 6) is -0.446. The van der Waals surface area contributed by atoms with Crippen molar-refractivity contribution in [1.82, 2.24) is 0 Å². The van der Waals surface area contributed by atoms with Gasteiger partial charge in [0.25, 0.3) is 0 Å². The van der Waals surface area contributed by atoms with E-state index in [0.29, 0.717) is 15.6 Å². The number of hydrogen-bond donors (Lipinski definition) is 0. The lowest BCUT2D eigenvalue weighted by molar-refractivity contribution is -0.149. The SMILES string of the molecule is COC(=O)[C@H](O[Si](C)(C)C(C)(C)C)c1cc(Cl)cc(Cl)c1. The van der Waals surface area contributed by atoms with E-state index in [0.717, 1.165) is 0 Å². The van der Waals surface area contributed by atoms with E-state index >= 15 is 0 Å². The highest BCUT2D eigenvalue weighted by Gasteiger charge is 2.41. The number of halogens is 2. The minimum atomic E-state index is -2.15. The summed E-state index contributed by atoms with van der Waals surface area (Å²) in [6, 6.07) is 4.98. The van der Waals surface area contributed by atoms with E-state index in [4.69, 9.17) is 32.4 Å². The molecule has 0 heterocycles. The molecule has 0 radical (unpaired) electrons. The molecule has 0 saturated carbocycles. The molecular formula is C15H22Cl2O3Si. The topological polar surface area (TPSA) is 35.5 Å². The van der Waals surface area contributed by atoms with Gasteiger partial charge in [0, 0.05) is 10.0 Å². The molecule has 1 aromatic carbocycles. The van der Waals surface area contributed by atoms with Crippen LogP contribution in [0.5, 0.6) is 0 Å². The first kappa shape index (κ1) is 18.5. The smallest absolute Gasteiger partial charge is 0.338 e. The van der Waals surface area contributed by atoms with E-state index in [9.17, 15) is 4.79 Å². The van der Waals surface area contributed by atoms with Crippen LogP contribution in [0.4, 0.5) is 0 Å². The van der Waals surface area contributed by atoms with E-state index in [-0.39, 0.29) is 5.04 Å². The molecule has 0 aliphatic rings. The number of carbonyl (C=O) groups is 1. The molecule has 0 spiro atoms. The van der Waals surface area contributed by atoms with E-state index < -0.39 is 20.4 Å². The third kappa shape index (κ3) is 4.71. The van der Waals surface area contributed by atoms with Crippen molar-refractivity contribution in [3.8, 4) is 0 Å². The molecule has 1 atom stereocenters. The third-order valence-electron chi connectivity index (χ3n) is 3.82. The minimum Gasteiger partial charge on any atom is -0.467 e. The summed E-state index contributed by atoms with van der Waals surface area (Å²) in [6.07, 6.45) is -0.813. The summed E-state index contributed by atoms with van der Waals surface area (Å²) in [5.41, 5.74) is 0.615. The Hall–Kier alpha value is -0.553. The van der Waals surface area contributed by atoms with Crippen molar-refractivity contribution < 1.29 is 14.0 Å². The highest BCUT2D eigenvalue weighted by Crippen LogP contribution is 2.40. The maximum atomic E-state index is 12.1. The van der Waals surface area contributed by atoms with Crippen LogP contribution in [0.15, 0.2) is 18.2 Å². The van der Waals surface area contributed by atoms with Gasteiger partial charge in [-0.15, -0.1) is 0 Å². The number of carbonyl (C=O) groups excluding carboxylic acids is 1. The fourth-order valence-corrected chi connectivity index (χ4v) is 3.28. The van der Waals surface area contributed by atoms with Gasteiger partial charge in [0.05, 0.1) is 7.11 Å². The van der Waals surface area contributed by atoms with Gasteiger partial charge >= 0.3 is 5.97 Å². The van der Waals surface area contributed by atoms with Gasteiger partial charge in [-0.3, -0.25) is 0 Å². The maximum Gasteiger partial charge on any atom is 0.338 e. The van der Waals surface area contributed by atoms with Crippen molar-refractivity contribution in [3.63, 3.8) is 0 Å². The summed E-state index contributed by atoms with van der Waals surface area (Å²) < 4.78 is 11.1. The van der Waals surface area contributed by atoms with Crippen LogP contribution in [0.25, 0.3) is 0 Å². The lowest BCUT2D eigenvalue weighted by atomic mass is 10.1. The fraction of sp³-hybridized carbons (Fsp3) is 0.533. The van der Waals surface area contributed by atoms with Crippen LogP contribution in [0, 0.1) is 0 Å². The Labute approximate surface area is 137 Å². The molecule has 118 valence electrons. The molecule has 6 heteroatoms. The van der Waals surface area contributed by atoms with Crippen LogP contribution < -0.4 is 0 Å².